The van der Waals surface area contributed by atoms with Crippen LogP contribution in [0.2, 0.25) is 0 Å². The third-order valence-electron chi connectivity index (χ3n) is 4.29. The zero-order chi connectivity index (χ0) is 17.3. The van der Waals surface area contributed by atoms with Gasteiger partial charge in [0.25, 0.3) is 0 Å². The Balaban J connectivity index is 2.00. The number of aliphatic carboxylic acids is 1. The lowest BCUT2D eigenvalue weighted by molar-refractivity contribution is -0.151. The number of methoxy groups -OCH3 is 1. The van der Waals surface area contributed by atoms with Crippen LogP contribution in [0.5, 0.6) is 5.75 Å². The van der Waals surface area contributed by atoms with E-state index in [9.17, 15) is 9.90 Å². The van der Waals surface area contributed by atoms with E-state index in [2.05, 4.69) is 15.9 Å². The summed E-state index contributed by atoms with van der Waals surface area (Å²) in [6.07, 6.45) is -0.560. The van der Waals surface area contributed by atoms with Crippen LogP contribution >= 0.6 is 15.9 Å². The van der Waals surface area contributed by atoms with Crippen LogP contribution in [0.25, 0.3) is 0 Å². The van der Waals surface area contributed by atoms with Gasteiger partial charge in [0.15, 0.2) is 0 Å². The van der Waals surface area contributed by atoms with Crippen molar-refractivity contribution in [2.24, 2.45) is 5.92 Å². The molecule has 1 fully saturated rings. The molecular weight excluding hydrogens is 374 g/mol. The molecule has 1 saturated heterocycles. The van der Waals surface area contributed by atoms with Crippen LogP contribution in [-0.4, -0.2) is 30.3 Å². The molecule has 2 aromatic rings. The number of rotatable bonds is 4. The Kier molecular flexibility index (Phi) is 4.89. The predicted octanol–water partition coefficient (Wildman–Crippen LogP) is 3.82. The van der Waals surface area contributed by atoms with Gasteiger partial charge in [-0.2, -0.15) is 5.06 Å². The molecule has 0 aliphatic carbocycles. The number of benzene rings is 2. The molecular formula is C18H18BrNO4. The fourth-order valence-corrected chi connectivity index (χ4v) is 3.65. The number of hydroxylamine groups is 2. The highest BCUT2D eigenvalue weighted by Gasteiger charge is 2.48. The maximum absolute atomic E-state index is 12.0. The van der Waals surface area contributed by atoms with Crippen molar-refractivity contribution in [3.8, 4) is 5.75 Å². The number of ether oxygens (including phenoxy) is 1. The molecule has 0 bridgehead atoms. The Morgan fingerprint density at radius 3 is 2.46 bits per heavy atom. The largest absolute Gasteiger partial charge is 0.497 e. The van der Waals surface area contributed by atoms with Crippen LogP contribution < -0.4 is 4.74 Å². The zero-order valence-electron chi connectivity index (χ0n) is 13.3. The predicted molar refractivity (Wildman–Crippen MR) is 92.6 cm³/mol. The van der Waals surface area contributed by atoms with E-state index in [1.807, 2.05) is 48.5 Å². The van der Waals surface area contributed by atoms with E-state index < -0.39 is 18.0 Å². The zero-order valence-corrected chi connectivity index (χ0v) is 14.9. The Bertz CT molecular complexity index is 734. The van der Waals surface area contributed by atoms with Crippen molar-refractivity contribution in [3.63, 3.8) is 0 Å². The van der Waals surface area contributed by atoms with Crippen molar-refractivity contribution in [1.29, 1.82) is 0 Å². The van der Waals surface area contributed by atoms with Crippen LogP contribution in [0.3, 0.4) is 0 Å². The van der Waals surface area contributed by atoms with Gasteiger partial charge in [-0.15, -0.1) is 0 Å². The number of hydrogen-bond donors (Lipinski definition) is 1. The molecule has 0 amide bonds. The van der Waals surface area contributed by atoms with Gasteiger partial charge in [-0.05, 0) is 29.3 Å². The Hall–Kier alpha value is -1.89. The number of carbonyl (C=O) groups is 1. The Morgan fingerprint density at radius 2 is 1.88 bits per heavy atom. The maximum atomic E-state index is 12.0. The average Bonchev–Trinajstić information content (AvgIpc) is 2.93. The van der Waals surface area contributed by atoms with Crippen LogP contribution in [0.4, 0.5) is 0 Å². The summed E-state index contributed by atoms with van der Waals surface area (Å²) in [6, 6.07) is 14.5. The molecule has 126 valence electrons. The molecule has 6 heteroatoms. The van der Waals surface area contributed by atoms with E-state index in [4.69, 9.17) is 9.57 Å². The van der Waals surface area contributed by atoms with Crippen LogP contribution in [0, 0.1) is 5.92 Å². The first kappa shape index (κ1) is 17.0. The lowest BCUT2D eigenvalue weighted by atomic mass is 9.86. The molecule has 0 spiro atoms. The van der Waals surface area contributed by atoms with Gasteiger partial charge >= 0.3 is 5.97 Å². The van der Waals surface area contributed by atoms with Crippen molar-refractivity contribution < 1.29 is 19.5 Å². The summed E-state index contributed by atoms with van der Waals surface area (Å²) in [6.45, 7) is 0. The van der Waals surface area contributed by atoms with Gasteiger partial charge in [0.1, 0.15) is 17.8 Å². The average molecular weight is 392 g/mol. The summed E-state index contributed by atoms with van der Waals surface area (Å²) in [4.78, 5) is 17.9. The van der Waals surface area contributed by atoms with Gasteiger partial charge in [0.2, 0.25) is 0 Å². The number of halogens is 1. The second-order valence-corrected chi connectivity index (χ2v) is 6.53. The third kappa shape index (κ3) is 3.05. The molecule has 3 atom stereocenters. The van der Waals surface area contributed by atoms with E-state index in [1.54, 1.807) is 19.2 Å². The lowest BCUT2D eigenvalue weighted by Crippen LogP contribution is -2.26. The summed E-state index contributed by atoms with van der Waals surface area (Å²) in [5.41, 5.74) is 1.70. The van der Waals surface area contributed by atoms with Crippen molar-refractivity contribution in [3.05, 3.63) is 64.1 Å². The van der Waals surface area contributed by atoms with Crippen molar-refractivity contribution in [2.75, 3.05) is 14.2 Å². The van der Waals surface area contributed by atoms with E-state index in [-0.39, 0.29) is 6.04 Å². The molecule has 3 rings (SSSR count). The first-order valence-corrected chi connectivity index (χ1v) is 8.33. The minimum Gasteiger partial charge on any atom is -0.497 e. The van der Waals surface area contributed by atoms with Gasteiger partial charge in [-0.25, -0.2) is 0 Å². The quantitative estimate of drug-likeness (QED) is 0.858. The first-order valence-electron chi connectivity index (χ1n) is 7.53. The van der Waals surface area contributed by atoms with E-state index in [0.29, 0.717) is 0 Å². The Morgan fingerprint density at radius 1 is 1.21 bits per heavy atom. The second kappa shape index (κ2) is 6.93. The van der Waals surface area contributed by atoms with Crippen LogP contribution in [-0.2, 0) is 9.63 Å². The smallest absolute Gasteiger partial charge is 0.311 e. The highest BCUT2D eigenvalue weighted by Crippen LogP contribution is 2.47. The van der Waals surface area contributed by atoms with Crippen molar-refractivity contribution in [2.45, 2.75) is 12.1 Å². The minimum absolute atomic E-state index is 0.384. The summed E-state index contributed by atoms with van der Waals surface area (Å²) in [5, 5.41) is 11.5. The van der Waals surface area contributed by atoms with Gasteiger partial charge in [-0.1, -0.05) is 46.3 Å². The van der Waals surface area contributed by atoms with Crippen LogP contribution in [0.1, 0.15) is 23.3 Å². The summed E-state index contributed by atoms with van der Waals surface area (Å²) < 4.78 is 6.03. The van der Waals surface area contributed by atoms with Gasteiger partial charge < -0.3 is 9.84 Å². The summed E-state index contributed by atoms with van der Waals surface area (Å²) in [5.74, 6) is -0.887. The molecule has 1 aliphatic rings. The van der Waals surface area contributed by atoms with Gasteiger partial charge in [-0.3, -0.25) is 9.63 Å². The highest BCUT2D eigenvalue weighted by molar-refractivity contribution is 9.10. The summed E-state index contributed by atoms with van der Waals surface area (Å²) >= 11 is 3.51. The van der Waals surface area contributed by atoms with E-state index >= 15 is 0 Å². The monoisotopic (exact) mass is 391 g/mol. The topological polar surface area (TPSA) is 59.0 Å². The Labute approximate surface area is 148 Å². The first-order chi connectivity index (χ1) is 11.5. The van der Waals surface area contributed by atoms with Gasteiger partial charge in [0, 0.05) is 11.5 Å². The standard InChI is InChI=1S/C18H18BrNO4/c1-20-16(13-5-3-4-6-14(13)19)15(18(21)22)17(24-20)11-7-9-12(23-2)10-8-11/h3-10,15-17H,1-2H3,(H,21,22). The SMILES string of the molecule is COc1ccc(C2ON(C)C(c3ccccc3Br)C2C(=O)O)cc1. The maximum Gasteiger partial charge on any atom is 0.311 e. The summed E-state index contributed by atoms with van der Waals surface area (Å²) in [7, 11) is 3.36. The van der Waals surface area contributed by atoms with E-state index in [1.165, 1.54) is 0 Å². The third-order valence-corrected chi connectivity index (χ3v) is 5.01. The number of hydrogen-bond acceptors (Lipinski definition) is 4. The molecule has 24 heavy (non-hydrogen) atoms. The molecule has 5 nitrogen and oxygen atoms in total. The molecule has 1 aliphatic heterocycles. The lowest BCUT2D eigenvalue weighted by Gasteiger charge is -2.22. The second-order valence-electron chi connectivity index (χ2n) is 5.68. The number of carboxylic acid groups (broad SMARTS) is 1. The molecule has 2 aromatic carbocycles. The highest BCUT2D eigenvalue weighted by atomic mass is 79.9. The minimum atomic E-state index is -0.888. The van der Waals surface area contributed by atoms with Gasteiger partial charge in [0.05, 0.1) is 13.2 Å². The van der Waals surface area contributed by atoms with Crippen LogP contribution in [0.15, 0.2) is 53.0 Å². The normalized spacial score (nSPS) is 24.0. The number of nitrogens with zero attached hydrogens (tertiary/aromatic N) is 1. The molecule has 0 aromatic heterocycles. The molecule has 1 heterocycles. The van der Waals surface area contributed by atoms with E-state index in [0.717, 1.165) is 21.3 Å². The fourth-order valence-electron chi connectivity index (χ4n) is 3.13. The number of carboxylic acids is 1. The van der Waals surface area contributed by atoms with Crippen molar-refractivity contribution in [1.82, 2.24) is 5.06 Å². The molecule has 0 radical (unpaired) electrons. The fraction of sp³-hybridized carbons (Fsp3) is 0.278. The van der Waals surface area contributed by atoms with Crippen molar-refractivity contribution >= 4 is 21.9 Å². The molecule has 3 unspecified atom stereocenters. The molecule has 1 N–H and O–H groups in total. The molecule has 0 saturated carbocycles.